The largest absolute Gasteiger partial charge is 0.368 e. The van der Waals surface area contributed by atoms with E-state index in [1.807, 2.05) is 41.3 Å². The van der Waals surface area contributed by atoms with Crippen LogP contribution in [0.3, 0.4) is 0 Å². The van der Waals surface area contributed by atoms with Gasteiger partial charge in [0.25, 0.3) is 0 Å². The molecule has 1 unspecified atom stereocenters. The SMILES string of the molecule is Cc1ccccc1N1CCN(C(=O)C2CCN(c3ccccc3Br)C2=O)CC1. The fourth-order valence-corrected chi connectivity index (χ4v) is 4.62. The number of amides is 2. The molecular weight excluding hydrogens is 418 g/mol. The van der Waals surface area contributed by atoms with Crippen LogP contribution in [0.1, 0.15) is 12.0 Å². The molecule has 1 atom stereocenters. The van der Waals surface area contributed by atoms with Crippen LogP contribution in [-0.2, 0) is 9.59 Å². The van der Waals surface area contributed by atoms with E-state index in [4.69, 9.17) is 0 Å². The summed E-state index contributed by atoms with van der Waals surface area (Å²) in [7, 11) is 0. The maximum Gasteiger partial charge on any atom is 0.239 e. The van der Waals surface area contributed by atoms with Gasteiger partial charge in [-0.1, -0.05) is 30.3 Å². The lowest BCUT2D eigenvalue weighted by Crippen LogP contribution is -2.51. The van der Waals surface area contributed by atoms with Crippen LogP contribution >= 0.6 is 15.9 Å². The molecule has 28 heavy (non-hydrogen) atoms. The molecule has 2 saturated heterocycles. The van der Waals surface area contributed by atoms with Crippen LogP contribution in [-0.4, -0.2) is 49.4 Å². The Morgan fingerprint density at radius 2 is 1.57 bits per heavy atom. The third-order valence-electron chi connectivity index (χ3n) is 5.69. The van der Waals surface area contributed by atoms with Gasteiger partial charge in [-0.05, 0) is 53.0 Å². The summed E-state index contributed by atoms with van der Waals surface area (Å²) in [4.78, 5) is 31.9. The molecule has 0 radical (unpaired) electrons. The van der Waals surface area contributed by atoms with Crippen LogP contribution in [0.5, 0.6) is 0 Å². The molecule has 0 aliphatic carbocycles. The summed E-state index contributed by atoms with van der Waals surface area (Å²) in [6, 6.07) is 16.0. The molecule has 2 aliphatic rings. The number of para-hydroxylation sites is 2. The van der Waals surface area contributed by atoms with E-state index in [0.717, 1.165) is 23.2 Å². The van der Waals surface area contributed by atoms with Gasteiger partial charge in [-0.25, -0.2) is 0 Å². The van der Waals surface area contributed by atoms with Crippen molar-refractivity contribution in [1.82, 2.24) is 4.90 Å². The van der Waals surface area contributed by atoms with Gasteiger partial charge in [0.15, 0.2) is 0 Å². The molecule has 2 aromatic rings. The van der Waals surface area contributed by atoms with Crippen molar-refractivity contribution in [3.8, 4) is 0 Å². The monoisotopic (exact) mass is 441 g/mol. The number of carbonyl (C=O) groups excluding carboxylic acids is 2. The summed E-state index contributed by atoms with van der Waals surface area (Å²) in [6.45, 7) is 5.61. The third kappa shape index (κ3) is 3.53. The van der Waals surface area contributed by atoms with Crippen LogP contribution < -0.4 is 9.80 Å². The molecule has 2 aromatic carbocycles. The zero-order chi connectivity index (χ0) is 19.7. The maximum atomic E-state index is 13.0. The molecule has 4 rings (SSSR count). The highest BCUT2D eigenvalue weighted by Gasteiger charge is 2.40. The van der Waals surface area contributed by atoms with Gasteiger partial charge in [0.2, 0.25) is 11.8 Å². The standard InChI is InChI=1S/C22H24BrN3O2/c1-16-6-2-4-8-19(16)24-12-14-25(15-13-24)21(27)17-10-11-26(22(17)28)20-9-5-3-7-18(20)23/h2-9,17H,10-15H2,1H3. The minimum absolute atomic E-state index is 0.0241. The first kappa shape index (κ1) is 19.0. The highest BCUT2D eigenvalue weighted by molar-refractivity contribution is 9.10. The predicted octanol–water partition coefficient (Wildman–Crippen LogP) is 3.46. The van der Waals surface area contributed by atoms with Crippen molar-refractivity contribution in [3.63, 3.8) is 0 Å². The Morgan fingerprint density at radius 3 is 2.25 bits per heavy atom. The second kappa shape index (κ2) is 7.95. The molecule has 2 aliphatic heterocycles. The van der Waals surface area contributed by atoms with Crippen molar-refractivity contribution in [2.75, 3.05) is 42.5 Å². The molecule has 0 aromatic heterocycles. The van der Waals surface area contributed by atoms with Gasteiger partial charge >= 0.3 is 0 Å². The second-order valence-corrected chi connectivity index (χ2v) is 8.24. The van der Waals surface area contributed by atoms with Crippen molar-refractivity contribution in [1.29, 1.82) is 0 Å². The molecule has 0 spiro atoms. The summed E-state index contributed by atoms with van der Waals surface area (Å²) < 4.78 is 0.878. The number of rotatable bonds is 3. The predicted molar refractivity (Wildman–Crippen MR) is 115 cm³/mol. The number of carbonyl (C=O) groups is 2. The van der Waals surface area contributed by atoms with Gasteiger partial charge in [0.1, 0.15) is 5.92 Å². The molecule has 0 saturated carbocycles. The van der Waals surface area contributed by atoms with Crippen LogP contribution in [0.25, 0.3) is 0 Å². The van der Waals surface area contributed by atoms with E-state index in [-0.39, 0.29) is 11.8 Å². The first-order valence-electron chi connectivity index (χ1n) is 9.71. The Hall–Kier alpha value is -2.34. The van der Waals surface area contributed by atoms with Crippen molar-refractivity contribution >= 4 is 39.1 Å². The molecule has 0 N–H and O–H groups in total. The summed E-state index contributed by atoms with van der Waals surface area (Å²) in [5.74, 6) is -0.667. The number of aryl methyl sites for hydroxylation is 1. The third-order valence-corrected chi connectivity index (χ3v) is 6.36. The lowest BCUT2D eigenvalue weighted by molar-refractivity contribution is -0.140. The molecule has 2 fully saturated rings. The Labute approximate surface area is 174 Å². The summed E-state index contributed by atoms with van der Waals surface area (Å²) in [5, 5.41) is 0. The first-order chi connectivity index (χ1) is 13.6. The molecule has 146 valence electrons. The average molecular weight is 442 g/mol. The number of benzene rings is 2. The lowest BCUT2D eigenvalue weighted by Gasteiger charge is -2.37. The minimum Gasteiger partial charge on any atom is -0.368 e. The van der Waals surface area contributed by atoms with E-state index >= 15 is 0 Å². The zero-order valence-corrected chi connectivity index (χ0v) is 17.6. The van der Waals surface area contributed by atoms with Gasteiger partial charge in [0.05, 0.1) is 5.69 Å². The van der Waals surface area contributed by atoms with E-state index < -0.39 is 5.92 Å². The average Bonchev–Trinajstić information content (AvgIpc) is 3.09. The Kier molecular flexibility index (Phi) is 5.40. The van der Waals surface area contributed by atoms with Crippen LogP contribution in [0.4, 0.5) is 11.4 Å². The van der Waals surface area contributed by atoms with E-state index in [0.29, 0.717) is 26.1 Å². The minimum atomic E-state index is -0.558. The molecule has 5 nitrogen and oxygen atoms in total. The van der Waals surface area contributed by atoms with Gasteiger partial charge in [0, 0.05) is 42.9 Å². The number of anilines is 2. The Morgan fingerprint density at radius 1 is 0.929 bits per heavy atom. The van der Waals surface area contributed by atoms with Gasteiger partial charge < -0.3 is 14.7 Å². The highest BCUT2D eigenvalue weighted by atomic mass is 79.9. The van der Waals surface area contributed by atoms with Crippen molar-refractivity contribution in [2.24, 2.45) is 5.92 Å². The smallest absolute Gasteiger partial charge is 0.239 e. The lowest BCUT2D eigenvalue weighted by atomic mass is 10.1. The number of hydrogen-bond acceptors (Lipinski definition) is 3. The fourth-order valence-electron chi connectivity index (χ4n) is 4.13. The summed E-state index contributed by atoms with van der Waals surface area (Å²) >= 11 is 3.51. The molecule has 2 amide bonds. The van der Waals surface area contributed by atoms with Crippen molar-refractivity contribution < 1.29 is 9.59 Å². The van der Waals surface area contributed by atoms with E-state index in [2.05, 4.69) is 39.9 Å². The number of piperazine rings is 1. The number of nitrogens with zero attached hydrogens (tertiary/aromatic N) is 3. The highest BCUT2D eigenvalue weighted by Crippen LogP contribution is 2.32. The first-order valence-corrected chi connectivity index (χ1v) is 10.5. The summed E-state index contributed by atoms with van der Waals surface area (Å²) in [5.41, 5.74) is 3.32. The zero-order valence-electron chi connectivity index (χ0n) is 16.0. The van der Waals surface area contributed by atoms with Gasteiger partial charge in [-0.15, -0.1) is 0 Å². The van der Waals surface area contributed by atoms with Crippen molar-refractivity contribution in [3.05, 3.63) is 58.6 Å². The molecule has 2 heterocycles. The summed E-state index contributed by atoms with van der Waals surface area (Å²) in [6.07, 6.45) is 0.580. The second-order valence-electron chi connectivity index (χ2n) is 7.38. The van der Waals surface area contributed by atoms with Crippen LogP contribution in [0.15, 0.2) is 53.0 Å². The topological polar surface area (TPSA) is 43.9 Å². The van der Waals surface area contributed by atoms with Crippen LogP contribution in [0, 0.1) is 12.8 Å². The maximum absolute atomic E-state index is 13.0. The molecule has 6 heteroatoms. The van der Waals surface area contributed by atoms with E-state index in [1.165, 1.54) is 11.3 Å². The van der Waals surface area contributed by atoms with Crippen molar-refractivity contribution in [2.45, 2.75) is 13.3 Å². The van der Waals surface area contributed by atoms with E-state index in [1.54, 1.807) is 4.90 Å². The quantitative estimate of drug-likeness (QED) is 0.684. The molecular formula is C22H24BrN3O2. The molecule has 0 bridgehead atoms. The number of hydrogen-bond donors (Lipinski definition) is 0. The van der Waals surface area contributed by atoms with E-state index in [9.17, 15) is 9.59 Å². The van der Waals surface area contributed by atoms with Gasteiger partial charge in [-0.2, -0.15) is 0 Å². The number of halogens is 1. The normalized spacial score (nSPS) is 20.0. The Balaban J connectivity index is 1.40. The fraction of sp³-hybridized carbons (Fsp3) is 0.364. The van der Waals surface area contributed by atoms with Crippen LogP contribution in [0.2, 0.25) is 0 Å². The van der Waals surface area contributed by atoms with Gasteiger partial charge in [-0.3, -0.25) is 9.59 Å². The Bertz CT molecular complexity index is 893.